The summed E-state index contributed by atoms with van der Waals surface area (Å²) in [5.41, 5.74) is 2.66. The fraction of sp³-hybridized carbons (Fsp3) is 0.538. The molecule has 2 atom stereocenters. The Labute approximate surface area is 114 Å². The third-order valence-electron chi connectivity index (χ3n) is 2.99. The average molecular weight is 316 g/mol. The first-order valence-electron chi connectivity index (χ1n) is 5.84. The molecule has 0 aliphatic heterocycles. The van der Waals surface area contributed by atoms with E-state index in [1.165, 1.54) is 11.1 Å². The number of benzene rings is 1. The number of halogens is 1. The monoisotopic (exact) mass is 315 g/mol. The van der Waals surface area contributed by atoms with Crippen molar-refractivity contribution in [1.82, 2.24) is 4.72 Å². The Morgan fingerprint density at radius 3 is 2.76 bits per heavy atom. The molecule has 1 aliphatic rings. The molecule has 0 fully saturated rings. The van der Waals surface area contributed by atoms with E-state index in [0.717, 1.165) is 17.3 Å². The van der Waals surface area contributed by atoms with Crippen LogP contribution in [0, 0.1) is 0 Å². The van der Waals surface area contributed by atoms with Crippen LogP contribution in [-0.4, -0.2) is 8.96 Å². The first kappa shape index (κ1) is 13.2. The summed E-state index contributed by atoms with van der Waals surface area (Å²) in [4.78, 5) is 0. The van der Waals surface area contributed by atoms with Crippen LogP contribution in [0.4, 0.5) is 0 Å². The third kappa shape index (κ3) is 2.98. The highest BCUT2D eigenvalue weighted by Crippen LogP contribution is 2.33. The molecule has 0 heterocycles. The van der Waals surface area contributed by atoms with E-state index in [1.54, 1.807) is 0 Å². The molecule has 0 radical (unpaired) electrons. The molecule has 0 saturated heterocycles. The van der Waals surface area contributed by atoms with Crippen molar-refractivity contribution >= 4 is 26.9 Å². The van der Waals surface area contributed by atoms with Gasteiger partial charge in [-0.25, -0.2) is 8.93 Å². The third-order valence-corrected chi connectivity index (χ3v) is 5.10. The highest BCUT2D eigenvalue weighted by molar-refractivity contribution is 9.10. The van der Waals surface area contributed by atoms with Gasteiger partial charge in [0.05, 0.1) is 15.7 Å². The molecular formula is C13H18BrNOS. The first-order valence-corrected chi connectivity index (χ1v) is 7.78. The predicted octanol–water partition coefficient (Wildman–Crippen LogP) is 3.49. The van der Waals surface area contributed by atoms with Gasteiger partial charge < -0.3 is 0 Å². The number of nitrogens with one attached hydrogen (secondary N) is 1. The Kier molecular flexibility index (Phi) is 3.76. The number of rotatable bonds is 2. The van der Waals surface area contributed by atoms with E-state index < -0.39 is 11.0 Å². The summed E-state index contributed by atoms with van der Waals surface area (Å²) in [5.74, 6) is 0. The van der Waals surface area contributed by atoms with Crippen LogP contribution in [0.5, 0.6) is 0 Å². The number of hydrogen-bond donors (Lipinski definition) is 1. The van der Waals surface area contributed by atoms with Crippen molar-refractivity contribution in [1.29, 1.82) is 0 Å². The first-order chi connectivity index (χ1) is 7.88. The minimum Gasteiger partial charge on any atom is -0.242 e. The van der Waals surface area contributed by atoms with Gasteiger partial charge in [-0.1, -0.05) is 22.0 Å². The summed E-state index contributed by atoms with van der Waals surface area (Å²) in [6.07, 6.45) is 2.11. The molecule has 0 bridgehead atoms. The summed E-state index contributed by atoms with van der Waals surface area (Å²) < 4.78 is 16.2. The molecule has 1 N–H and O–H groups in total. The van der Waals surface area contributed by atoms with Crippen LogP contribution in [0.3, 0.4) is 0 Å². The molecule has 1 aromatic rings. The fourth-order valence-corrected chi connectivity index (χ4v) is 3.24. The minimum absolute atomic E-state index is 0.214. The lowest BCUT2D eigenvalue weighted by molar-refractivity contribution is 0.596. The Morgan fingerprint density at radius 2 is 2.12 bits per heavy atom. The van der Waals surface area contributed by atoms with Crippen molar-refractivity contribution in [3.8, 4) is 0 Å². The number of hydrogen-bond acceptors (Lipinski definition) is 1. The molecular weight excluding hydrogens is 298 g/mol. The molecule has 0 spiro atoms. The second kappa shape index (κ2) is 4.82. The molecule has 17 heavy (non-hydrogen) atoms. The SMILES string of the molecule is CC(C)(C)[S@@](=O)N[C@@H]1CCc2ccc(Br)cc21. The van der Waals surface area contributed by atoms with Crippen molar-refractivity contribution in [2.45, 2.75) is 44.4 Å². The number of fused-ring (bicyclic) bond motifs is 1. The number of aryl methyl sites for hydroxylation is 1. The summed E-state index contributed by atoms with van der Waals surface area (Å²) in [5, 5.41) is 0. The van der Waals surface area contributed by atoms with Crippen molar-refractivity contribution in [2.75, 3.05) is 0 Å². The van der Waals surface area contributed by atoms with Gasteiger partial charge in [0, 0.05) is 10.5 Å². The molecule has 2 rings (SSSR count). The van der Waals surface area contributed by atoms with Gasteiger partial charge >= 0.3 is 0 Å². The Bertz CT molecular complexity index is 453. The molecule has 4 heteroatoms. The standard InChI is InChI=1S/C13H18BrNOS/c1-13(2,3)17(16)15-12-7-5-9-4-6-10(14)8-11(9)12/h4,6,8,12,15H,5,7H2,1-3H3/t12-,17-/m1/s1. The van der Waals surface area contributed by atoms with Gasteiger partial charge in [-0.05, 0) is 56.9 Å². The lowest BCUT2D eigenvalue weighted by Gasteiger charge is -2.22. The summed E-state index contributed by atoms with van der Waals surface area (Å²) >= 11 is 3.49. The normalized spacial score (nSPS) is 21.3. The van der Waals surface area contributed by atoms with E-state index in [2.05, 4.69) is 38.9 Å². The topological polar surface area (TPSA) is 29.1 Å². The highest BCUT2D eigenvalue weighted by atomic mass is 79.9. The molecule has 0 unspecified atom stereocenters. The van der Waals surface area contributed by atoms with Crippen LogP contribution < -0.4 is 4.72 Å². The maximum atomic E-state index is 12.1. The molecule has 2 nitrogen and oxygen atoms in total. The lowest BCUT2D eigenvalue weighted by Crippen LogP contribution is -2.35. The van der Waals surface area contributed by atoms with Crippen LogP contribution in [0.1, 0.15) is 44.4 Å². The largest absolute Gasteiger partial charge is 0.242 e. The Morgan fingerprint density at radius 1 is 1.41 bits per heavy atom. The van der Waals surface area contributed by atoms with Crippen molar-refractivity contribution in [3.63, 3.8) is 0 Å². The van der Waals surface area contributed by atoms with Crippen LogP contribution in [-0.2, 0) is 17.4 Å². The van der Waals surface area contributed by atoms with E-state index in [9.17, 15) is 4.21 Å². The highest BCUT2D eigenvalue weighted by Gasteiger charge is 2.28. The van der Waals surface area contributed by atoms with Crippen LogP contribution in [0.2, 0.25) is 0 Å². The zero-order valence-electron chi connectivity index (χ0n) is 10.4. The van der Waals surface area contributed by atoms with Crippen LogP contribution >= 0.6 is 15.9 Å². The predicted molar refractivity (Wildman–Crippen MR) is 76.2 cm³/mol. The molecule has 0 aromatic heterocycles. The van der Waals surface area contributed by atoms with Crippen molar-refractivity contribution in [3.05, 3.63) is 33.8 Å². The fourth-order valence-electron chi connectivity index (χ4n) is 2.00. The second-order valence-electron chi connectivity index (χ2n) is 5.43. The Balaban J connectivity index is 2.17. The second-order valence-corrected chi connectivity index (χ2v) is 8.35. The average Bonchev–Trinajstić information content (AvgIpc) is 2.60. The zero-order chi connectivity index (χ0) is 12.6. The molecule has 94 valence electrons. The van der Waals surface area contributed by atoms with Gasteiger partial charge in [-0.3, -0.25) is 0 Å². The van der Waals surface area contributed by atoms with E-state index in [1.807, 2.05) is 20.8 Å². The summed E-state index contributed by atoms with van der Waals surface area (Å²) in [6.45, 7) is 5.98. The van der Waals surface area contributed by atoms with E-state index >= 15 is 0 Å². The smallest absolute Gasteiger partial charge is 0.0975 e. The molecule has 1 aliphatic carbocycles. The van der Waals surface area contributed by atoms with Crippen LogP contribution in [0.25, 0.3) is 0 Å². The van der Waals surface area contributed by atoms with E-state index in [4.69, 9.17) is 0 Å². The van der Waals surface area contributed by atoms with Gasteiger partial charge in [-0.15, -0.1) is 0 Å². The molecule has 0 amide bonds. The zero-order valence-corrected chi connectivity index (χ0v) is 12.8. The Hall–Kier alpha value is -0.190. The van der Waals surface area contributed by atoms with Crippen molar-refractivity contribution in [2.24, 2.45) is 0 Å². The van der Waals surface area contributed by atoms with Crippen molar-refractivity contribution < 1.29 is 4.21 Å². The minimum atomic E-state index is -1.01. The maximum Gasteiger partial charge on any atom is 0.0975 e. The van der Waals surface area contributed by atoms with Crippen LogP contribution in [0.15, 0.2) is 22.7 Å². The molecule has 0 saturated carbocycles. The maximum absolute atomic E-state index is 12.1. The van der Waals surface area contributed by atoms with Gasteiger partial charge in [0.15, 0.2) is 0 Å². The summed E-state index contributed by atoms with van der Waals surface area (Å²) in [7, 11) is -1.01. The van der Waals surface area contributed by atoms with E-state index in [-0.39, 0.29) is 10.8 Å². The quantitative estimate of drug-likeness (QED) is 0.889. The van der Waals surface area contributed by atoms with Gasteiger partial charge in [0.1, 0.15) is 0 Å². The van der Waals surface area contributed by atoms with E-state index in [0.29, 0.717) is 0 Å². The lowest BCUT2D eigenvalue weighted by atomic mass is 10.1. The summed E-state index contributed by atoms with van der Waals surface area (Å²) in [6, 6.07) is 6.59. The van der Waals surface area contributed by atoms with Gasteiger partial charge in [-0.2, -0.15) is 0 Å². The van der Waals surface area contributed by atoms with Gasteiger partial charge in [0.25, 0.3) is 0 Å². The molecule has 1 aromatic carbocycles. The van der Waals surface area contributed by atoms with Gasteiger partial charge in [0.2, 0.25) is 0 Å².